The fourth-order valence-electron chi connectivity index (χ4n) is 1.86. The van der Waals surface area contributed by atoms with Gasteiger partial charge in [0.1, 0.15) is 5.82 Å². The van der Waals surface area contributed by atoms with Gasteiger partial charge in [-0.2, -0.15) is 5.26 Å². The zero-order chi connectivity index (χ0) is 13.8. The van der Waals surface area contributed by atoms with Gasteiger partial charge in [0.15, 0.2) is 0 Å². The molecule has 96 valence electrons. The molecule has 0 saturated carbocycles. The molecule has 3 N–H and O–H groups in total. The number of rotatable bonds is 3. The van der Waals surface area contributed by atoms with Crippen LogP contribution in [0.2, 0.25) is 0 Å². The largest absolute Gasteiger partial charge is 0.398 e. The van der Waals surface area contributed by atoms with E-state index in [4.69, 9.17) is 11.0 Å². The maximum absolute atomic E-state index is 13.7. The first-order valence-corrected chi connectivity index (χ1v) is 5.89. The Kier molecular flexibility index (Phi) is 3.67. The molecule has 4 heteroatoms. The van der Waals surface area contributed by atoms with Gasteiger partial charge >= 0.3 is 0 Å². The van der Waals surface area contributed by atoms with Crippen LogP contribution in [0.5, 0.6) is 0 Å². The lowest BCUT2D eigenvalue weighted by Gasteiger charge is -2.12. The lowest BCUT2D eigenvalue weighted by Crippen LogP contribution is -1.99. The molecule has 0 spiro atoms. The lowest BCUT2D eigenvalue weighted by atomic mass is 10.1. The second kappa shape index (κ2) is 5.40. The number of nitriles is 1. The van der Waals surface area contributed by atoms with Crippen LogP contribution in [0.3, 0.4) is 0 Å². The number of anilines is 3. The van der Waals surface area contributed by atoms with E-state index in [0.717, 1.165) is 11.1 Å². The van der Waals surface area contributed by atoms with E-state index in [0.29, 0.717) is 17.1 Å². The number of nitrogens with one attached hydrogen (secondary N) is 1. The van der Waals surface area contributed by atoms with Crippen molar-refractivity contribution in [2.45, 2.75) is 13.3 Å². The molecule has 0 atom stereocenters. The standard InChI is InChI=1S/C15H14FN3/c1-10-3-2-4-13(16)15(10)19-12-5-6-14(18)11(9-12)7-8-17/h2-6,9,19H,7,18H2,1H3. The van der Waals surface area contributed by atoms with Crippen molar-refractivity contribution >= 4 is 17.1 Å². The SMILES string of the molecule is Cc1cccc(F)c1Nc1ccc(N)c(CC#N)c1. The second-order valence-electron chi connectivity index (χ2n) is 4.31. The summed E-state index contributed by atoms with van der Waals surface area (Å²) in [6.07, 6.45) is 0.234. The molecule has 19 heavy (non-hydrogen) atoms. The van der Waals surface area contributed by atoms with E-state index in [2.05, 4.69) is 11.4 Å². The van der Waals surface area contributed by atoms with E-state index >= 15 is 0 Å². The predicted molar refractivity (Wildman–Crippen MR) is 74.6 cm³/mol. The molecule has 3 nitrogen and oxygen atoms in total. The number of aryl methyl sites for hydroxylation is 1. The van der Waals surface area contributed by atoms with Crippen molar-refractivity contribution in [1.82, 2.24) is 0 Å². The van der Waals surface area contributed by atoms with Crippen molar-refractivity contribution in [2.75, 3.05) is 11.1 Å². The molecule has 0 heterocycles. The number of hydrogen-bond acceptors (Lipinski definition) is 3. The zero-order valence-electron chi connectivity index (χ0n) is 10.6. The van der Waals surface area contributed by atoms with Crippen LogP contribution in [-0.2, 0) is 6.42 Å². The van der Waals surface area contributed by atoms with Crippen molar-refractivity contribution in [3.63, 3.8) is 0 Å². The number of nitrogen functional groups attached to an aromatic ring is 1. The molecule has 0 unspecified atom stereocenters. The lowest BCUT2D eigenvalue weighted by molar-refractivity contribution is 0.631. The van der Waals surface area contributed by atoms with Crippen LogP contribution in [0.25, 0.3) is 0 Å². The third kappa shape index (κ3) is 2.83. The van der Waals surface area contributed by atoms with Crippen LogP contribution >= 0.6 is 0 Å². The van der Waals surface area contributed by atoms with E-state index in [1.54, 1.807) is 24.3 Å². The Labute approximate surface area is 111 Å². The minimum atomic E-state index is -0.307. The molecule has 2 aromatic carbocycles. The minimum absolute atomic E-state index is 0.234. The Morgan fingerprint density at radius 2 is 2.11 bits per heavy atom. The van der Waals surface area contributed by atoms with Gasteiger partial charge in [0.25, 0.3) is 0 Å². The Bertz CT molecular complexity index is 624. The van der Waals surface area contributed by atoms with Crippen LogP contribution in [0.4, 0.5) is 21.5 Å². The Hall–Kier alpha value is -2.54. The average molecular weight is 255 g/mol. The Balaban J connectivity index is 2.34. The van der Waals surface area contributed by atoms with Crippen molar-refractivity contribution in [1.29, 1.82) is 5.26 Å². The van der Waals surface area contributed by atoms with Gasteiger partial charge in [0, 0.05) is 11.4 Å². The van der Waals surface area contributed by atoms with Gasteiger partial charge < -0.3 is 11.1 Å². The smallest absolute Gasteiger partial charge is 0.146 e. The highest BCUT2D eigenvalue weighted by molar-refractivity contribution is 5.67. The van der Waals surface area contributed by atoms with Crippen molar-refractivity contribution in [2.24, 2.45) is 0 Å². The first-order valence-electron chi connectivity index (χ1n) is 5.89. The highest BCUT2D eigenvalue weighted by Gasteiger charge is 2.07. The third-order valence-electron chi connectivity index (χ3n) is 2.90. The van der Waals surface area contributed by atoms with Crippen molar-refractivity contribution in [3.8, 4) is 6.07 Å². The van der Waals surface area contributed by atoms with Gasteiger partial charge in [-0.3, -0.25) is 0 Å². The van der Waals surface area contributed by atoms with Gasteiger partial charge in [0.05, 0.1) is 18.2 Å². The maximum atomic E-state index is 13.7. The van der Waals surface area contributed by atoms with Crippen LogP contribution in [0.1, 0.15) is 11.1 Å². The molecule has 0 aliphatic heterocycles. The van der Waals surface area contributed by atoms with Crippen LogP contribution in [-0.4, -0.2) is 0 Å². The predicted octanol–water partition coefficient (Wildman–Crippen LogP) is 3.53. The highest BCUT2D eigenvalue weighted by atomic mass is 19.1. The Morgan fingerprint density at radius 3 is 2.79 bits per heavy atom. The summed E-state index contributed by atoms with van der Waals surface area (Å²) in [6.45, 7) is 1.83. The summed E-state index contributed by atoms with van der Waals surface area (Å²) < 4.78 is 13.7. The number of para-hydroxylation sites is 1. The molecular weight excluding hydrogens is 241 g/mol. The quantitative estimate of drug-likeness (QED) is 0.825. The second-order valence-corrected chi connectivity index (χ2v) is 4.31. The number of nitrogens with zero attached hydrogens (tertiary/aromatic N) is 1. The number of nitrogens with two attached hydrogens (primary N) is 1. The summed E-state index contributed by atoms with van der Waals surface area (Å²) >= 11 is 0. The van der Waals surface area contributed by atoms with Crippen LogP contribution < -0.4 is 11.1 Å². The summed E-state index contributed by atoms with van der Waals surface area (Å²) in [4.78, 5) is 0. The molecule has 0 aliphatic carbocycles. The van der Waals surface area contributed by atoms with E-state index in [1.165, 1.54) is 6.07 Å². The molecule has 0 bridgehead atoms. The number of hydrogen-bond donors (Lipinski definition) is 2. The van der Waals surface area contributed by atoms with E-state index in [-0.39, 0.29) is 12.2 Å². The molecule has 0 fully saturated rings. The fraction of sp³-hybridized carbons (Fsp3) is 0.133. The molecule has 0 saturated heterocycles. The normalized spacial score (nSPS) is 9.95. The van der Waals surface area contributed by atoms with Gasteiger partial charge in [-0.25, -0.2) is 4.39 Å². The van der Waals surface area contributed by atoms with Gasteiger partial charge in [-0.05, 0) is 42.3 Å². The highest BCUT2D eigenvalue weighted by Crippen LogP contribution is 2.26. The number of halogens is 1. The summed E-state index contributed by atoms with van der Waals surface area (Å²) in [5.74, 6) is -0.307. The average Bonchev–Trinajstić information content (AvgIpc) is 2.38. The maximum Gasteiger partial charge on any atom is 0.146 e. The first-order chi connectivity index (χ1) is 9.11. The number of benzene rings is 2. The van der Waals surface area contributed by atoms with Crippen molar-refractivity contribution in [3.05, 3.63) is 53.3 Å². The Morgan fingerprint density at radius 1 is 1.32 bits per heavy atom. The van der Waals surface area contributed by atoms with Gasteiger partial charge in [-0.15, -0.1) is 0 Å². The fourth-order valence-corrected chi connectivity index (χ4v) is 1.86. The monoisotopic (exact) mass is 255 g/mol. The molecule has 0 radical (unpaired) electrons. The minimum Gasteiger partial charge on any atom is -0.398 e. The third-order valence-corrected chi connectivity index (χ3v) is 2.90. The summed E-state index contributed by atoms with van der Waals surface area (Å²) in [5, 5.41) is 11.8. The zero-order valence-corrected chi connectivity index (χ0v) is 10.6. The molecule has 2 aromatic rings. The first kappa shape index (κ1) is 12.9. The molecule has 0 amide bonds. The van der Waals surface area contributed by atoms with Crippen molar-refractivity contribution < 1.29 is 4.39 Å². The van der Waals surface area contributed by atoms with Gasteiger partial charge in [0.2, 0.25) is 0 Å². The molecular formula is C15H14FN3. The topological polar surface area (TPSA) is 61.8 Å². The van der Waals surface area contributed by atoms with E-state index in [9.17, 15) is 4.39 Å². The van der Waals surface area contributed by atoms with Crippen LogP contribution in [0.15, 0.2) is 36.4 Å². The van der Waals surface area contributed by atoms with E-state index in [1.807, 2.05) is 13.0 Å². The molecule has 2 rings (SSSR count). The van der Waals surface area contributed by atoms with E-state index < -0.39 is 0 Å². The van der Waals surface area contributed by atoms with Gasteiger partial charge in [-0.1, -0.05) is 12.1 Å². The summed E-state index contributed by atoms with van der Waals surface area (Å²) in [5.41, 5.74) is 9.05. The molecule has 0 aliphatic rings. The summed E-state index contributed by atoms with van der Waals surface area (Å²) in [6, 6.07) is 12.2. The molecule has 0 aromatic heterocycles. The van der Waals surface area contributed by atoms with Crippen LogP contribution in [0, 0.1) is 24.1 Å². The summed E-state index contributed by atoms with van der Waals surface area (Å²) in [7, 11) is 0.